The molecule has 0 amide bonds. The van der Waals surface area contributed by atoms with Crippen LogP contribution in [-0.4, -0.2) is 59.1 Å². The number of rotatable bonds is 14. The summed E-state index contributed by atoms with van der Waals surface area (Å²) in [5.41, 5.74) is 3.98. The SMILES string of the molecule is CCOC(=O)CN1C(C)=C(C(=O)OCCCc2cccnc2)C(C(C)C)C(C(=O)OCCCc2cccnc2)=C1C. The van der Waals surface area contributed by atoms with Gasteiger partial charge in [-0.15, -0.1) is 0 Å². The maximum Gasteiger partial charge on any atom is 0.336 e. The lowest BCUT2D eigenvalue weighted by Gasteiger charge is -2.38. The van der Waals surface area contributed by atoms with Crippen LogP contribution in [0.1, 0.15) is 58.6 Å². The van der Waals surface area contributed by atoms with E-state index < -0.39 is 23.8 Å². The minimum absolute atomic E-state index is 0.111. The fourth-order valence-corrected chi connectivity index (χ4v) is 5.06. The highest BCUT2D eigenvalue weighted by molar-refractivity contribution is 5.98. The van der Waals surface area contributed by atoms with E-state index in [1.165, 1.54) is 0 Å². The van der Waals surface area contributed by atoms with Gasteiger partial charge >= 0.3 is 17.9 Å². The summed E-state index contributed by atoms with van der Waals surface area (Å²) in [6.07, 6.45) is 9.71. The van der Waals surface area contributed by atoms with Crippen molar-refractivity contribution in [3.8, 4) is 0 Å². The monoisotopic (exact) mass is 563 g/mol. The highest BCUT2D eigenvalue weighted by Gasteiger charge is 2.41. The van der Waals surface area contributed by atoms with E-state index >= 15 is 0 Å². The fraction of sp³-hybridized carbons (Fsp3) is 0.469. The molecule has 0 N–H and O–H groups in total. The summed E-state index contributed by atoms with van der Waals surface area (Å²) < 4.78 is 16.6. The van der Waals surface area contributed by atoms with Crippen LogP contribution < -0.4 is 0 Å². The molecule has 1 aliphatic rings. The van der Waals surface area contributed by atoms with Crippen LogP contribution >= 0.6 is 0 Å². The number of pyridine rings is 2. The van der Waals surface area contributed by atoms with E-state index in [-0.39, 0.29) is 32.3 Å². The lowest BCUT2D eigenvalue weighted by atomic mass is 9.77. The molecule has 0 radical (unpaired) electrons. The second kappa shape index (κ2) is 15.7. The van der Waals surface area contributed by atoms with E-state index in [0.29, 0.717) is 35.4 Å². The Bertz CT molecular complexity index is 1160. The number of hydrogen-bond donors (Lipinski definition) is 0. The molecule has 0 spiro atoms. The zero-order valence-corrected chi connectivity index (χ0v) is 24.7. The van der Waals surface area contributed by atoms with Crippen molar-refractivity contribution in [2.75, 3.05) is 26.4 Å². The fourth-order valence-electron chi connectivity index (χ4n) is 5.06. The molecule has 9 nitrogen and oxygen atoms in total. The first-order valence-corrected chi connectivity index (χ1v) is 14.2. The van der Waals surface area contributed by atoms with E-state index in [1.54, 1.807) is 50.5 Å². The van der Waals surface area contributed by atoms with Gasteiger partial charge in [0, 0.05) is 42.1 Å². The number of nitrogens with zero attached hydrogens (tertiary/aromatic N) is 3. The lowest BCUT2D eigenvalue weighted by Crippen LogP contribution is -2.40. The van der Waals surface area contributed by atoms with Crippen LogP contribution in [0.2, 0.25) is 0 Å². The molecular weight excluding hydrogens is 522 g/mol. The standard InChI is InChI=1S/C32H41N3O6/c1-6-39-27(36)21-35-23(4)29(31(37)40-17-9-13-25-11-7-15-33-19-25)28(22(2)3)30(24(35)5)32(38)41-18-10-14-26-12-8-16-34-20-26/h7-8,11-12,15-16,19-20,22,28H,6,9-10,13-14,17-18,21H2,1-5H3. The molecule has 1 aliphatic heterocycles. The predicted molar refractivity (Wildman–Crippen MR) is 154 cm³/mol. The van der Waals surface area contributed by atoms with E-state index in [4.69, 9.17) is 14.2 Å². The van der Waals surface area contributed by atoms with Crippen LogP contribution in [0.25, 0.3) is 0 Å². The molecule has 0 fully saturated rings. The number of ether oxygens (including phenoxy) is 3. The van der Waals surface area contributed by atoms with Crippen LogP contribution in [0.4, 0.5) is 0 Å². The molecule has 0 unspecified atom stereocenters. The number of hydrogen-bond acceptors (Lipinski definition) is 9. The van der Waals surface area contributed by atoms with E-state index in [9.17, 15) is 14.4 Å². The van der Waals surface area contributed by atoms with Crippen LogP contribution in [-0.2, 0) is 41.4 Å². The summed E-state index contributed by atoms with van der Waals surface area (Å²) >= 11 is 0. The largest absolute Gasteiger partial charge is 0.465 e. The van der Waals surface area contributed by atoms with Crippen LogP contribution in [0.3, 0.4) is 0 Å². The van der Waals surface area contributed by atoms with Gasteiger partial charge in [0.2, 0.25) is 0 Å². The first-order valence-electron chi connectivity index (χ1n) is 14.2. The Morgan fingerprint density at radius 3 is 1.71 bits per heavy atom. The van der Waals surface area contributed by atoms with Gasteiger partial charge in [0.1, 0.15) is 6.54 Å². The Morgan fingerprint density at radius 1 is 0.829 bits per heavy atom. The minimum Gasteiger partial charge on any atom is -0.465 e. The number of carbonyl (C=O) groups excluding carboxylic acids is 3. The van der Waals surface area contributed by atoms with Gasteiger partial charge in [-0.05, 0) is 75.6 Å². The Kier molecular flexibility index (Phi) is 12.1. The third-order valence-corrected chi connectivity index (χ3v) is 7.04. The third kappa shape index (κ3) is 8.74. The van der Waals surface area contributed by atoms with Crippen molar-refractivity contribution < 1.29 is 28.6 Å². The number of aromatic nitrogens is 2. The second-order valence-electron chi connectivity index (χ2n) is 10.3. The molecule has 0 aromatic carbocycles. The van der Waals surface area contributed by atoms with Crippen LogP contribution in [0.5, 0.6) is 0 Å². The van der Waals surface area contributed by atoms with Gasteiger partial charge in [-0.3, -0.25) is 14.8 Å². The van der Waals surface area contributed by atoms with Crippen molar-refractivity contribution in [2.24, 2.45) is 11.8 Å². The molecule has 0 bridgehead atoms. The maximum atomic E-state index is 13.6. The van der Waals surface area contributed by atoms with Crippen molar-refractivity contribution in [2.45, 2.75) is 60.3 Å². The number of carbonyl (C=O) groups is 3. The van der Waals surface area contributed by atoms with Crippen LogP contribution in [0.15, 0.2) is 71.6 Å². The van der Waals surface area contributed by atoms with Crippen molar-refractivity contribution in [1.29, 1.82) is 0 Å². The molecule has 220 valence electrons. The summed E-state index contributed by atoms with van der Waals surface area (Å²) in [6.45, 7) is 9.72. The number of esters is 3. The van der Waals surface area contributed by atoms with Gasteiger partial charge < -0.3 is 19.1 Å². The lowest BCUT2D eigenvalue weighted by molar-refractivity contribution is -0.145. The van der Waals surface area contributed by atoms with Crippen molar-refractivity contribution in [3.63, 3.8) is 0 Å². The van der Waals surface area contributed by atoms with Gasteiger partial charge in [0.05, 0.1) is 31.0 Å². The van der Waals surface area contributed by atoms with E-state index in [0.717, 1.165) is 24.0 Å². The van der Waals surface area contributed by atoms with E-state index in [2.05, 4.69) is 9.97 Å². The van der Waals surface area contributed by atoms with Gasteiger partial charge in [-0.2, -0.15) is 0 Å². The summed E-state index contributed by atoms with van der Waals surface area (Å²) in [5, 5.41) is 0. The van der Waals surface area contributed by atoms with Crippen molar-refractivity contribution in [3.05, 3.63) is 82.7 Å². The number of allylic oxidation sites excluding steroid dienone is 2. The number of aryl methyl sites for hydroxylation is 2. The average Bonchev–Trinajstić information content (AvgIpc) is 2.96. The Hall–Kier alpha value is -4.01. The topological polar surface area (TPSA) is 108 Å². The molecule has 0 aliphatic carbocycles. The van der Waals surface area contributed by atoms with E-state index in [1.807, 2.05) is 38.1 Å². The molecule has 0 saturated heterocycles. The molecule has 2 aromatic rings. The summed E-state index contributed by atoms with van der Waals surface area (Å²) in [7, 11) is 0. The average molecular weight is 564 g/mol. The van der Waals surface area contributed by atoms with Gasteiger partial charge in [-0.1, -0.05) is 26.0 Å². The van der Waals surface area contributed by atoms with Crippen molar-refractivity contribution in [1.82, 2.24) is 14.9 Å². The zero-order chi connectivity index (χ0) is 29.8. The van der Waals surface area contributed by atoms with Gasteiger partial charge in [0.15, 0.2) is 0 Å². The summed E-state index contributed by atoms with van der Waals surface area (Å²) in [5.74, 6) is -2.13. The molecule has 2 aromatic heterocycles. The molecule has 0 saturated carbocycles. The normalized spacial score (nSPS) is 14.0. The highest BCUT2D eigenvalue weighted by Crippen LogP contribution is 2.40. The minimum atomic E-state index is -0.551. The quantitative estimate of drug-likeness (QED) is 0.181. The molecule has 0 atom stereocenters. The van der Waals surface area contributed by atoms with Crippen LogP contribution in [0, 0.1) is 11.8 Å². The predicted octanol–water partition coefficient (Wildman–Crippen LogP) is 4.83. The third-order valence-electron chi connectivity index (χ3n) is 7.04. The summed E-state index contributed by atoms with van der Waals surface area (Å²) in [4.78, 5) is 49.5. The molecule has 3 rings (SSSR count). The summed E-state index contributed by atoms with van der Waals surface area (Å²) in [6, 6.07) is 7.70. The molecule has 3 heterocycles. The Labute approximate surface area is 242 Å². The smallest absolute Gasteiger partial charge is 0.336 e. The first-order chi connectivity index (χ1) is 19.7. The molecule has 9 heteroatoms. The maximum absolute atomic E-state index is 13.6. The Balaban J connectivity index is 1.80. The molecular formula is C32H41N3O6. The second-order valence-corrected chi connectivity index (χ2v) is 10.3. The molecule has 41 heavy (non-hydrogen) atoms. The van der Waals surface area contributed by atoms with Gasteiger partial charge in [0.25, 0.3) is 0 Å². The van der Waals surface area contributed by atoms with Crippen molar-refractivity contribution >= 4 is 17.9 Å². The first kappa shape index (κ1) is 31.5. The van der Waals surface area contributed by atoms with Gasteiger partial charge in [-0.25, -0.2) is 9.59 Å². The Morgan fingerprint density at radius 2 is 1.32 bits per heavy atom. The highest BCUT2D eigenvalue weighted by atomic mass is 16.5. The zero-order valence-electron chi connectivity index (χ0n) is 24.7.